The minimum absolute atomic E-state index is 0.374. The van der Waals surface area contributed by atoms with Crippen LogP contribution in [0.15, 0.2) is 16.5 Å². The Morgan fingerprint density at radius 2 is 2.00 bits per heavy atom. The van der Waals surface area contributed by atoms with Crippen molar-refractivity contribution in [1.82, 2.24) is 14.9 Å². The second-order valence-electron chi connectivity index (χ2n) is 4.71. The Bertz CT molecular complexity index is 528. The van der Waals surface area contributed by atoms with Crippen molar-refractivity contribution in [2.75, 3.05) is 13.1 Å². The monoisotopic (exact) mass is 231 g/mol. The number of rotatable bonds is 2. The molecule has 0 N–H and O–H groups in total. The van der Waals surface area contributed by atoms with Gasteiger partial charge in [-0.1, -0.05) is 0 Å². The fourth-order valence-electron chi connectivity index (χ4n) is 2.49. The number of hydrogen-bond donors (Lipinski definition) is 0. The molecule has 90 valence electrons. The molecular weight excluding hydrogens is 214 g/mol. The molecule has 4 heteroatoms. The molecule has 0 unspecified atom stereocenters. The highest BCUT2D eigenvalue weighted by atomic mass is 16.3. The predicted molar refractivity (Wildman–Crippen MR) is 65.8 cm³/mol. The zero-order valence-corrected chi connectivity index (χ0v) is 10.3. The number of nitrogens with zero attached hydrogens (tertiary/aromatic N) is 3. The predicted octanol–water partition coefficient (Wildman–Crippen LogP) is 2.69. The molecule has 0 spiro atoms. The lowest BCUT2D eigenvalue weighted by Gasteiger charge is -2.22. The standard InChI is InChI=1S/C13H17N3O/c1-9(16-7-3-4-8-16)11-5-6-12-13(15-11)14-10(2)17-12/h5-6,9H,3-4,7-8H2,1-2H3/t9-/m0/s1. The highest BCUT2D eigenvalue weighted by Gasteiger charge is 2.21. The highest BCUT2D eigenvalue weighted by molar-refractivity contribution is 5.67. The molecule has 1 fully saturated rings. The van der Waals surface area contributed by atoms with Crippen LogP contribution >= 0.6 is 0 Å². The molecule has 1 aliphatic rings. The molecule has 0 aliphatic carbocycles. The van der Waals surface area contributed by atoms with Crippen LogP contribution in [0, 0.1) is 6.92 Å². The zero-order valence-electron chi connectivity index (χ0n) is 10.3. The van der Waals surface area contributed by atoms with E-state index in [-0.39, 0.29) is 0 Å². The van der Waals surface area contributed by atoms with Crippen LogP contribution in [0.25, 0.3) is 11.2 Å². The first-order valence-electron chi connectivity index (χ1n) is 6.22. The van der Waals surface area contributed by atoms with Gasteiger partial charge in [0.1, 0.15) is 0 Å². The van der Waals surface area contributed by atoms with Gasteiger partial charge in [-0.05, 0) is 45.0 Å². The van der Waals surface area contributed by atoms with E-state index in [4.69, 9.17) is 4.42 Å². The van der Waals surface area contributed by atoms with Crippen molar-refractivity contribution in [3.8, 4) is 0 Å². The van der Waals surface area contributed by atoms with Gasteiger partial charge in [0.05, 0.1) is 5.69 Å². The fourth-order valence-corrected chi connectivity index (χ4v) is 2.49. The molecule has 17 heavy (non-hydrogen) atoms. The number of pyridine rings is 1. The molecule has 0 amide bonds. The van der Waals surface area contributed by atoms with Crippen LogP contribution in [0.5, 0.6) is 0 Å². The Hall–Kier alpha value is -1.42. The Morgan fingerprint density at radius 1 is 1.24 bits per heavy atom. The summed E-state index contributed by atoms with van der Waals surface area (Å²) in [7, 11) is 0. The summed E-state index contributed by atoms with van der Waals surface area (Å²) in [5.74, 6) is 0.679. The lowest BCUT2D eigenvalue weighted by molar-refractivity contribution is 0.259. The van der Waals surface area contributed by atoms with E-state index in [1.165, 1.54) is 25.9 Å². The topological polar surface area (TPSA) is 42.2 Å². The number of oxazole rings is 1. The van der Waals surface area contributed by atoms with Crippen molar-refractivity contribution >= 4 is 11.2 Å². The van der Waals surface area contributed by atoms with Crippen molar-refractivity contribution in [2.24, 2.45) is 0 Å². The van der Waals surface area contributed by atoms with Crippen LogP contribution < -0.4 is 0 Å². The molecule has 0 radical (unpaired) electrons. The summed E-state index contributed by atoms with van der Waals surface area (Å²) in [6.07, 6.45) is 2.60. The van der Waals surface area contributed by atoms with E-state index in [1.54, 1.807) is 0 Å². The summed E-state index contributed by atoms with van der Waals surface area (Å²) < 4.78 is 5.44. The van der Waals surface area contributed by atoms with Crippen LogP contribution in [-0.2, 0) is 0 Å². The number of hydrogen-bond acceptors (Lipinski definition) is 4. The van der Waals surface area contributed by atoms with Gasteiger partial charge in [0.15, 0.2) is 17.1 Å². The number of fused-ring (bicyclic) bond motifs is 1. The summed E-state index contributed by atoms with van der Waals surface area (Å²) in [6, 6.07) is 4.40. The maximum atomic E-state index is 5.44. The minimum Gasteiger partial charge on any atom is -0.439 e. The number of aromatic nitrogens is 2. The third-order valence-electron chi connectivity index (χ3n) is 3.50. The summed E-state index contributed by atoms with van der Waals surface area (Å²) in [5.41, 5.74) is 2.60. The van der Waals surface area contributed by atoms with Gasteiger partial charge in [0.2, 0.25) is 0 Å². The maximum Gasteiger partial charge on any atom is 0.199 e. The van der Waals surface area contributed by atoms with Crippen molar-refractivity contribution in [2.45, 2.75) is 32.7 Å². The Morgan fingerprint density at radius 3 is 2.76 bits per heavy atom. The normalized spacial score (nSPS) is 18.9. The zero-order chi connectivity index (χ0) is 11.8. The molecule has 0 bridgehead atoms. The van der Waals surface area contributed by atoms with Gasteiger partial charge in [-0.25, -0.2) is 4.98 Å². The van der Waals surface area contributed by atoms with Gasteiger partial charge in [-0.3, -0.25) is 4.90 Å². The third-order valence-corrected chi connectivity index (χ3v) is 3.50. The van der Waals surface area contributed by atoms with Gasteiger partial charge < -0.3 is 4.42 Å². The first-order valence-corrected chi connectivity index (χ1v) is 6.22. The molecular formula is C13H17N3O. The highest BCUT2D eigenvalue weighted by Crippen LogP contribution is 2.24. The number of aryl methyl sites for hydroxylation is 1. The average Bonchev–Trinajstić information content (AvgIpc) is 2.94. The Labute approximate surface area is 101 Å². The van der Waals surface area contributed by atoms with Crippen LogP contribution in [0.4, 0.5) is 0 Å². The largest absolute Gasteiger partial charge is 0.439 e. The smallest absolute Gasteiger partial charge is 0.199 e. The van der Waals surface area contributed by atoms with Crippen LogP contribution in [0.1, 0.15) is 37.4 Å². The summed E-state index contributed by atoms with van der Waals surface area (Å²) >= 11 is 0. The van der Waals surface area contributed by atoms with Gasteiger partial charge in [0.25, 0.3) is 0 Å². The molecule has 4 nitrogen and oxygen atoms in total. The van der Waals surface area contributed by atoms with Gasteiger partial charge in [-0.15, -0.1) is 0 Å². The second kappa shape index (κ2) is 4.11. The quantitative estimate of drug-likeness (QED) is 0.797. The van der Waals surface area contributed by atoms with Crippen LogP contribution in [0.2, 0.25) is 0 Å². The van der Waals surface area contributed by atoms with E-state index in [1.807, 2.05) is 13.0 Å². The molecule has 3 heterocycles. The minimum atomic E-state index is 0.374. The van der Waals surface area contributed by atoms with Crippen molar-refractivity contribution in [3.63, 3.8) is 0 Å². The Balaban J connectivity index is 1.93. The molecule has 2 aromatic rings. The second-order valence-corrected chi connectivity index (χ2v) is 4.71. The van der Waals surface area contributed by atoms with Crippen molar-refractivity contribution in [3.05, 3.63) is 23.7 Å². The molecule has 1 atom stereocenters. The van der Waals surface area contributed by atoms with Gasteiger partial charge in [-0.2, -0.15) is 4.98 Å². The molecule has 2 aromatic heterocycles. The third kappa shape index (κ3) is 1.93. The summed E-state index contributed by atoms with van der Waals surface area (Å²) in [6.45, 7) is 6.43. The average molecular weight is 231 g/mol. The van der Waals surface area contributed by atoms with Crippen molar-refractivity contribution < 1.29 is 4.42 Å². The summed E-state index contributed by atoms with van der Waals surface area (Å²) in [4.78, 5) is 11.4. The van der Waals surface area contributed by atoms with Crippen LogP contribution in [0.3, 0.4) is 0 Å². The van der Waals surface area contributed by atoms with E-state index in [0.29, 0.717) is 11.9 Å². The van der Waals surface area contributed by atoms with Crippen molar-refractivity contribution in [1.29, 1.82) is 0 Å². The van der Waals surface area contributed by atoms with E-state index in [9.17, 15) is 0 Å². The SMILES string of the molecule is Cc1nc2nc([C@H](C)N3CCCC3)ccc2o1. The fraction of sp³-hybridized carbons (Fsp3) is 0.538. The Kier molecular flexibility index (Phi) is 2.59. The van der Waals surface area contributed by atoms with E-state index in [0.717, 1.165) is 16.9 Å². The lowest BCUT2D eigenvalue weighted by Crippen LogP contribution is -2.23. The van der Waals surface area contributed by atoms with E-state index >= 15 is 0 Å². The number of likely N-dealkylation sites (tertiary alicyclic amines) is 1. The first kappa shape index (κ1) is 10.7. The van der Waals surface area contributed by atoms with E-state index < -0.39 is 0 Å². The lowest BCUT2D eigenvalue weighted by atomic mass is 10.2. The van der Waals surface area contributed by atoms with Crippen LogP contribution in [-0.4, -0.2) is 28.0 Å². The van der Waals surface area contributed by atoms with Gasteiger partial charge >= 0.3 is 0 Å². The summed E-state index contributed by atoms with van der Waals surface area (Å²) in [5, 5.41) is 0. The molecule has 0 saturated carbocycles. The first-order chi connectivity index (χ1) is 8.24. The molecule has 1 aliphatic heterocycles. The van der Waals surface area contributed by atoms with Gasteiger partial charge in [0, 0.05) is 13.0 Å². The van der Waals surface area contributed by atoms with E-state index in [2.05, 4.69) is 27.9 Å². The molecule has 3 rings (SSSR count). The molecule has 1 saturated heterocycles. The maximum absolute atomic E-state index is 5.44. The molecule has 0 aromatic carbocycles.